The Balaban J connectivity index is 2.04. The fourth-order valence-electron chi connectivity index (χ4n) is 3.47. The van der Waals surface area contributed by atoms with E-state index < -0.39 is 5.92 Å². The van der Waals surface area contributed by atoms with Crippen LogP contribution >= 0.6 is 0 Å². The minimum absolute atomic E-state index is 0.107. The smallest absolute Gasteiger partial charge is 0.143 e. The maximum absolute atomic E-state index is 12.6. The van der Waals surface area contributed by atoms with Crippen molar-refractivity contribution in [1.29, 1.82) is 0 Å². The molecule has 0 aliphatic heterocycles. The lowest BCUT2D eigenvalue weighted by Gasteiger charge is -2.15. The lowest BCUT2D eigenvalue weighted by Crippen LogP contribution is -2.26. The molecule has 0 aliphatic rings. The van der Waals surface area contributed by atoms with Crippen LogP contribution in [0.15, 0.2) is 48.5 Å². The number of methoxy groups -OCH3 is 1. The second kappa shape index (κ2) is 12.2. The predicted molar refractivity (Wildman–Crippen MR) is 119 cm³/mol. The Labute approximate surface area is 175 Å². The molecule has 0 unspecified atom stereocenters. The molecule has 156 valence electrons. The van der Waals surface area contributed by atoms with Crippen molar-refractivity contribution in [3.05, 3.63) is 65.2 Å². The van der Waals surface area contributed by atoms with Gasteiger partial charge in [-0.25, -0.2) is 0 Å². The third-order valence-corrected chi connectivity index (χ3v) is 5.36. The monoisotopic (exact) mass is 394 g/mol. The number of hydrogen-bond donors (Lipinski definition) is 0. The minimum Gasteiger partial charge on any atom is -0.497 e. The number of rotatable bonds is 13. The van der Waals surface area contributed by atoms with Crippen molar-refractivity contribution in [1.82, 2.24) is 0 Å². The summed E-state index contributed by atoms with van der Waals surface area (Å²) >= 11 is 0. The van der Waals surface area contributed by atoms with Gasteiger partial charge in [0, 0.05) is 12.8 Å². The average molecular weight is 395 g/mol. The van der Waals surface area contributed by atoms with E-state index in [0.717, 1.165) is 43.4 Å². The molecule has 2 aromatic rings. The van der Waals surface area contributed by atoms with Crippen LogP contribution in [0.2, 0.25) is 0 Å². The van der Waals surface area contributed by atoms with Crippen molar-refractivity contribution >= 4 is 11.6 Å². The molecule has 0 heterocycles. The third-order valence-electron chi connectivity index (χ3n) is 5.36. The summed E-state index contributed by atoms with van der Waals surface area (Å²) in [5.74, 6) is 0.585. The maximum Gasteiger partial charge on any atom is 0.143 e. The van der Waals surface area contributed by atoms with Crippen molar-refractivity contribution in [3.63, 3.8) is 0 Å². The third kappa shape index (κ3) is 7.49. The quantitative estimate of drug-likeness (QED) is 0.394. The van der Waals surface area contributed by atoms with Gasteiger partial charge in [-0.15, -0.1) is 0 Å². The second-order valence-electron chi connectivity index (χ2n) is 7.74. The van der Waals surface area contributed by atoms with Crippen molar-refractivity contribution in [2.45, 2.75) is 65.2 Å². The summed E-state index contributed by atoms with van der Waals surface area (Å²) in [6.07, 6.45) is 6.05. The molecule has 0 N–H and O–H groups in total. The number of benzene rings is 2. The zero-order chi connectivity index (χ0) is 21.1. The molecule has 0 atom stereocenters. The number of carbonyl (C=O) groups is 2. The van der Waals surface area contributed by atoms with Crippen molar-refractivity contribution in [3.8, 4) is 5.75 Å². The molecule has 3 nitrogen and oxygen atoms in total. The highest BCUT2D eigenvalue weighted by Crippen LogP contribution is 2.19. The molecular weight excluding hydrogens is 360 g/mol. The zero-order valence-corrected chi connectivity index (χ0v) is 18.1. The molecule has 0 spiro atoms. The van der Waals surface area contributed by atoms with Gasteiger partial charge in [-0.2, -0.15) is 0 Å². The van der Waals surface area contributed by atoms with E-state index in [0.29, 0.717) is 19.3 Å². The Morgan fingerprint density at radius 2 is 1.21 bits per heavy atom. The zero-order valence-electron chi connectivity index (χ0n) is 18.1. The number of hydrogen-bond acceptors (Lipinski definition) is 3. The molecular formula is C26H34O3. The molecule has 3 heteroatoms. The normalized spacial score (nSPS) is 10.9. The SMILES string of the molecule is CCCCC(=O)C(Cc1ccc(Cc2ccc(OC)cc2)cc1)C(=O)CCCC. The summed E-state index contributed by atoms with van der Waals surface area (Å²) < 4.78 is 5.20. The van der Waals surface area contributed by atoms with Crippen LogP contribution in [0.5, 0.6) is 5.75 Å². The summed E-state index contributed by atoms with van der Waals surface area (Å²) in [6, 6.07) is 16.4. The van der Waals surface area contributed by atoms with E-state index in [-0.39, 0.29) is 11.6 Å². The number of Topliss-reactive ketones (excluding diaryl/α,β-unsaturated/α-hetero) is 2. The number of unbranched alkanes of at least 4 members (excludes halogenated alkanes) is 2. The van der Waals surface area contributed by atoms with Crippen LogP contribution in [-0.2, 0) is 22.4 Å². The largest absolute Gasteiger partial charge is 0.497 e. The predicted octanol–water partition coefficient (Wildman–Crippen LogP) is 5.96. The first-order chi connectivity index (χ1) is 14.1. The lowest BCUT2D eigenvalue weighted by molar-refractivity contribution is -0.132. The second-order valence-corrected chi connectivity index (χ2v) is 7.74. The molecule has 29 heavy (non-hydrogen) atoms. The van der Waals surface area contributed by atoms with E-state index in [1.165, 1.54) is 11.1 Å². The highest BCUT2D eigenvalue weighted by atomic mass is 16.5. The summed E-state index contributed by atoms with van der Waals surface area (Å²) in [4.78, 5) is 25.3. The fourth-order valence-corrected chi connectivity index (χ4v) is 3.47. The Morgan fingerprint density at radius 3 is 1.66 bits per heavy atom. The fraction of sp³-hybridized carbons (Fsp3) is 0.462. The van der Waals surface area contributed by atoms with Gasteiger partial charge in [0.2, 0.25) is 0 Å². The van der Waals surface area contributed by atoms with E-state index in [9.17, 15) is 9.59 Å². The highest BCUT2D eigenvalue weighted by molar-refractivity contribution is 6.02. The summed E-state index contributed by atoms with van der Waals surface area (Å²) in [5, 5.41) is 0. The average Bonchev–Trinajstić information content (AvgIpc) is 2.75. The number of ketones is 2. The first-order valence-electron chi connectivity index (χ1n) is 10.8. The molecule has 0 fully saturated rings. The van der Waals surface area contributed by atoms with Gasteiger partial charge in [-0.3, -0.25) is 9.59 Å². The van der Waals surface area contributed by atoms with Gasteiger partial charge in [0.1, 0.15) is 17.3 Å². The topological polar surface area (TPSA) is 43.4 Å². The van der Waals surface area contributed by atoms with Crippen molar-refractivity contribution < 1.29 is 14.3 Å². The van der Waals surface area contributed by atoms with E-state index >= 15 is 0 Å². The molecule has 0 saturated heterocycles. The van der Waals surface area contributed by atoms with Gasteiger partial charge in [0.25, 0.3) is 0 Å². The van der Waals surface area contributed by atoms with Crippen LogP contribution in [0.25, 0.3) is 0 Å². The van der Waals surface area contributed by atoms with Crippen LogP contribution in [0, 0.1) is 5.92 Å². The standard InChI is InChI=1S/C26H34O3/c1-4-6-8-25(27)24(26(28)9-7-5-2)19-22-12-10-20(11-13-22)18-21-14-16-23(29-3)17-15-21/h10-17,24H,4-9,18-19H2,1-3H3. The van der Waals surface area contributed by atoms with Crippen molar-refractivity contribution in [2.75, 3.05) is 7.11 Å². The first-order valence-corrected chi connectivity index (χ1v) is 10.8. The molecule has 0 radical (unpaired) electrons. The van der Waals surface area contributed by atoms with Crippen LogP contribution in [0.1, 0.15) is 69.1 Å². The number of carbonyl (C=O) groups excluding carboxylic acids is 2. The van der Waals surface area contributed by atoms with Crippen LogP contribution < -0.4 is 4.74 Å². The van der Waals surface area contributed by atoms with E-state index in [1.807, 2.05) is 12.1 Å². The van der Waals surface area contributed by atoms with E-state index in [4.69, 9.17) is 4.74 Å². The van der Waals surface area contributed by atoms with Gasteiger partial charge in [0.15, 0.2) is 0 Å². The van der Waals surface area contributed by atoms with Gasteiger partial charge >= 0.3 is 0 Å². The van der Waals surface area contributed by atoms with E-state index in [1.54, 1.807) is 7.11 Å². The molecule has 0 bridgehead atoms. The summed E-state index contributed by atoms with van der Waals surface area (Å²) in [5.41, 5.74) is 3.49. The van der Waals surface area contributed by atoms with Crippen LogP contribution in [0.3, 0.4) is 0 Å². The van der Waals surface area contributed by atoms with Crippen LogP contribution in [-0.4, -0.2) is 18.7 Å². The molecule has 2 rings (SSSR count). The van der Waals surface area contributed by atoms with E-state index in [2.05, 4.69) is 50.2 Å². The lowest BCUT2D eigenvalue weighted by atomic mass is 9.86. The Hall–Kier alpha value is -2.42. The first kappa shape index (κ1) is 22.9. The Morgan fingerprint density at radius 1 is 0.759 bits per heavy atom. The van der Waals surface area contributed by atoms with Gasteiger partial charge < -0.3 is 4.74 Å². The summed E-state index contributed by atoms with van der Waals surface area (Å²) in [7, 11) is 1.67. The Bertz CT molecular complexity index is 740. The maximum atomic E-state index is 12.6. The highest BCUT2D eigenvalue weighted by Gasteiger charge is 2.25. The Kier molecular flexibility index (Phi) is 9.63. The van der Waals surface area contributed by atoms with Gasteiger partial charge in [-0.05, 0) is 54.5 Å². The summed E-state index contributed by atoms with van der Waals surface area (Å²) in [6.45, 7) is 4.14. The molecule has 0 amide bonds. The van der Waals surface area contributed by atoms with Gasteiger partial charge in [0.05, 0.1) is 13.0 Å². The van der Waals surface area contributed by atoms with Crippen LogP contribution in [0.4, 0.5) is 0 Å². The molecule has 2 aromatic carbocycles. The minimum atomic E-state index is -0.486. The number of ether oxygens (including phenoxy) is 1. The molecule has 0 saturated carbocycles. The van der Waals surface area contributed by atoms with Gasteiger partial charge in [-0.1, -0.05) is 63.1 Å². The molecule has 0 aromatic heterocycles. The van der Waals surface area contributed by atoms with Crippen molar-refractivity contribution in [2.24, 2.45) is 5.92 Å². The molecule has 0 aliphatic carbocycles.